The maximum atomic E-state index is 12.7. The molecular formula is C17H21N3O3S. The van der Waals surface area contributed by atoms with Crippen molar-refractivity contribution in [2.75, 3.05) is 6.61 Å². The summed E-state index contributed by atoms with van der Waals surface area (Å²) in [4.78, 5) is 32.5. The molecule has 1 unspecified atom stereocenters. The summed E-state index contributed by atoms with van der Waals surface area (Å²) in [5.74, 6) is -0.128. The minimum atomic E-state index is -0.196. The second-order valence-electron chi connectivity index (χ2n) is 6.90. The molecule has 24 heavy (non-hydrogen) atoms. The molecule has 4 rings (SSSR count). The van der Waals surface area contributed by atoms with Gasteiger partial charge in [-0.15, -0.1) is 11.3 Å². The molecule has 2 fully saturated rings. The molecule has 2 N–H and O–H groups in total. The van der Waals surface area contributed by atoms with Gasteiger partial charge in [-0.25, -0.2) is 4.98 Å². The number of nitrogens with zero attached hydrogens (tertiary/aromatic N) is 1. The van der Waals surface area contributed by atoms with E-state index < -0.39 is 0 Å². The van der Waals surface area contributed by atoms with E-state index in [1.165, 1.54) is 36.9 Å². The number of aromatic nitrogens is 2. The molecule has 7 heteroatoms. The summed E-state index contributed by atoms with van der Waals surface area (Å²) in [5, 5.41) is 3.61. The average molecular weight is 347 g/mol. The number of carbonyl (C=O) groups is 1. The highest BCUT2D eigenvalue weighted by Crippen LogP contribution is 2.39. The maximum absolute atomic E-state index is 12.7. The van der Waals surface area contributed by atoms with Gasteiger partial charge in [-0.3, -0.25) is 9.59 Å². The molecule has 1 saturated carbocycles. The van der Waals surface area contributed by atoms with E-state index in [-0.39, 0.29) is 23.1 Å². The fourth-order valence-corrected chi connectivity index (χ4v) is 5.08. The Hall–Kier alpha value is -1.73. The normalized spacial score (nSPS) is 23.0. The Balaban J connectivity index is 1.52. The number of rotatable bonds is 2. The lowest BCUT2D eigenvalue weighted by Gasteiger charge is -2.32. The second kappa shape index (κ2) is 5.97. The Morgan fingerprint density at radius 1 is 1.42 bits per heavy atom. The van der Waals surface area contributed by atoms with Crippen LogP contribution in [-0.2, 0) is 4.74 Å². The standard InChI is InChI=1S/C17H21N3O3S/c1-10-12-14(21)18-9-19-16(12)24-13(10)15(22)20-11-7-17(23-8-11)5-3-2-4-6-17/h9,11H,2-8H2,1H3,(H,20,22)(H,18,19,21). The van der Waals surface area contributed by atoms with E-state index in [4.69, 9.17) is 4.74 Å². The summed E-state index contributed by atoms with van der Waals surface area (Å²) in [5.41, 5.74) is 0.482. The van der Waals surface area contributed by atoms with Crippen LogP contribution in [0.4, 0.5) is 0 Å². The van der Waals surface area contributed by atoms with E-state index in [1.807, 2.05) is 0 Å². The molecule has 0 radical (unpaired) electrons. The van der Waals surface area contributed by atoms with Gasteiger partial charge in [-0.05, 0) is 31.7 Å². The number of aromatic amines is 1. The molecule has 6 nitrogen and oxygen atoms in total. The van der Waals surface area contributed by atoms with Crippen molar-refractivity contribution < 1.29 is 9.53 Å². The zero-order chi connectivity index (χ0) is 16.7. The SMILES string of the molecule is Cc1c(C(=O)NC2COC3(CCCCC3)C2)sc2nc[nH]c(=O)c12. The van der Waals surface area contributed by atoms with Crippen LogP contribution in [0.2, 0.25) is 0 Å². The number of carbonyl (C=O) groups excluding carboxylic acids is 1. The zero-order valence-corrected chi connectivity index (χ0v) is 14.5. The molecule has 2 aliphatic rings. The Morgan fingerprint density at radius 2 is 2.21 bits per heavy atom. The Kier molecular flexibility index (Phi) is 3.92. The first-order valence-corrected chi connectivity index (χ1v) is 9.31. The van der Waals surface area contributed by atoms with Gasteiger partial charge in [0.2, 0.25) is 0 Å². The summed E-state index contributed by atoms with van der Waals surface area (Å²) in [7, 11) is 0. The summed E-state index contributed by atoms with van der Waals surface area (Å²) >= 11 is 1.27. The first-order valence-electron chi connectivity index (χ1n) is 8.50. The van der Waals surface area contributed by atoms with Crippen LogP contribution in [0.1, 0.15) is 53.8 Å². The lowest BCUT2D eigenvalue weighted by molar-refractivity contribution is -0.0246. The summed E-state index contributed by atoms with van der Waals surface area (Å²) in [6, 6.07) is 0.0476. The molecule has 0 bridgehead atoms. The molecule has 1 atom stereocenters. The number of thiophene rings is 1. The van der Waals surface area contributed by atoms with Gasteiger partial charge >= 0.3 is 0 Å². The van der Waals surface area contributed by atoms with Gasteiger partial charge in [0, 0.05) is 0 Å². The molecule has 2 aromatic rings. The molecule has 0 aromatic carbocycles. The van der Waals surface area contributed by atoms with Crippen LogP contribution < -0.4 is 10.9 Å². The lowest BCUT2D eigenvalue weighted by Crippen LogP contribution is -2.37. The minimum Gasteiger partial charge on any atom is -0.373 e. The molecule has 2 aromatic heterocycles. The molecular weight excluding hydrogens is 326 g/mol. The molecule has 128 valence electrons. The number of aryl methyl sites for hydroxylation is 1. The van der Waals surface area contributed by atoms with Crippen molar-refractivity contribution in [3.8, 4) is 0 Å². The molecule has 1 aliphatic carbocycles. The third kappa shape index (κ3) is 2.65. The van der Waals surface area contributed by atoms with Gasteiger partial charge in [0.15, 0.2) is 0 Å². The molecule has 3 heterocycles. The van der Waals surface area contributed by atoms with E-state index in [9.17, 15) is 9.59 Å². The third-order valence-corrected chi connectivity index (χ3v) is 6.45. The molecule has 1 saturated heterocycles. The number of hydrogen-bond donors (Lipinski definition) is 2. The largest absolute Gasteiger partial charge is 0.373 e. The van der Waals surface area contributed by atoms with Gasteiger partial charge in [0.1, 0.15) is 4.83 Å². The van der Waals surface area contributed by atoms with Crippen LogP contribution in [-0.4, -0.2) is 34.1 Å². The Labute approximate surface area is 143 Å². The predicted molar refractivity (Wildman–Crippen MR) is 92.6 cm³/mol. The highest BCUT2D eigenvalue weighted by atomic mass is 32.1. The van der Waals surface area contributed by atoms with Crippen LogP contribution in [0.5, 0.6) is 0 Å². The van der Waals surface area contributed by atoms with Crippen molar-refractivity contribution in [2.45, 2.75) is 57.1 Å². The quantitative estimate of drug-likeness (QED) is 0.874. The zero-order valence-electron chi connectivity index (χ0n) is 13.7. The van der Waals surface area contributed by atoms with Gasteiger partial charge in [0.25, 0.3) is 11.5 Å². The van der Waals surface area contributed by atoms with Crippen LogP contribution in [0, 0.1) is 6.92 Å². The van der Waals surface area contributed by atoms with E-state index in [0.29, 0.717) is 27.3 Å². The topological polar surface area (TPSA) is 84.1 Å². The third-order valence-electron chi connectivity index (χ3n) is 5.25. The van der Waals surface area contributed by atoms with Crippen molar-refractivity contribution in [1.29, 1.82) is 0 Å². The monoisotopic (exact) mass is 347 g/mol. The first-order chi connectivity index (χ1) is 11.6. The highest BCUT2D eigenvalue weighted by molar-refractivity contribution is 7.20. The van der Waals surface area contributed by atoms with E-state index in [0.717, 1.165) is 19.3 Å². The number of H-pyrrole nitrogens is 1. The van der Waals surface area contributed by atoms with Crippen LogP contribution in [0.25, 0.3) is 10.2 Å². The fraction of sp³-hybridized carbons (Fsp3) is 0.588. The predicted octanol–water partition coefficient (Wildman–Crippen LogP) is 2.51. The van der Waals surface area contributed by atoms with E-state index >= 15 is 0 Å². The Morgan fingerprint density at radius 3 is 2.96 bits per heavy atom. The van der Waals surface area contributed by atoms with Gasteiger partial charge in [-0.2, -0.15) is 0 Å². The molecule has 1 amide bonds. The highest BCUT2D eigenvalue weighted by Gasteiger charge is 2.41. The lowest BCUT2D eigenvalue weighted by atomic mass is 9.82. The second-order valence-corrected chi connectivity index (χ2v) is 7.90. The van der Waals surface area contributed by atoms with Gasteiger partial charge in [0.05, 0.1) is 34.8 Å². The Bertz CT molecular complexity index is 835. The van der Waals surface area contributed by atoms with Crippen molar-refractivity contribution in [3.05, 3.63) is 27.1 Å². The number of fused-ring (bicyclic) bond motifs is 1. The minimum absolute atomic E-state index is 0.0237. The summed E-state index contributed by atoms with van der Waals surface area (Å²) < 4.78 is 6.06. The summed E-state index contributed by atoms with van der Waals surface area (Å²) in [6.45, 7) is 2.38. The number of amides is 1. The van der Waals surface area contributed by atoms with Gasteiger partial charge in [-0.1, -0.05) is 19.3 Å². The van der Waals surface area contributed by atoms with E-state index in [2.05, 4.69) is 15.3 Å². The molecule has 1 aliphatic heterocycles. The van der Waals surface area contributed by atoms with Crippen LogP contribution >= 0.6 is 11.3 Å². The summed E-state index contributed by atoms with van der Waals surface area (Å²) in [6.07, 6.45) is 8.17. The smallest absolute Gasteiger partial charge is 0.262 e. The van der Waals surface area contributed by atoms with Crippen LogP contribution in [0.3, 0.4) is 0 Å². The van der Waals surface area contributed by atoms with Crippen molar-refractivity contribution in [3.63, 3.8) is 0 Å². The average Bonchev–Trinajstić information content (AvgIpc) is 3.11. The van der Waals surface area contributed by atoms with Crippen molar-refractivity contribution >= 4 is 27.5 Å². The first kappa shape index (κ1) is 15.8. The van der Waals surface area contributed by atoms with Crippen molar-refractivity contribution in [2.24, 2.45) is 0 Å². The van der Waals surface area contributed by atoms with Gasteiger partial charge < -0.3 is 15.0 Å². The maximum Gasteiger partial charge on any atom is 0.262 e. The number of nitrogens with one attached hydrogen (secondary N) is 2. The van der Waals surface area contributed by atoms with E-state index in [1.54, 1.807) is 6.92 Å². The van der Waals surface area contributed by atoms with Crippen LogP contribution in [0.15, 0.2) is 11.1 Å². The number of ether oxygens (including phenoxy) is 1. The molecule has 1 spiro atoms. The fourth-order valence-electron chi connectivity index (χ4n) is 4.03. The van der Waals surface area contributed by atoms with Crippen molar-refractivity contribution in [1.82, 2.24) is 15.3 Å². The number of hydrogen-bond acceptors (Lipinski definition) is 5.